The van der Waals surface area contributed by atoms with Gasteiger partial charge < -0.3 is 0 Å². The lowest BCUT2D eigenvalue weighted by molar-refractivity contribution is 0.767. The van der Waals surface area contributed by atoms with E-state index in [2.05, 4.69) is 135 Å². The summed E-state index contributed by atoms with van der Waals surface area (Å²) >= 11 is 0. The van der Waals surface area contributed by atoms with Crippen molar-refractivity contribution in [3.05, 3.63) is 155 Å². The van der Waals surface area contributed by atoms with Crippen molar-refractivity contribution in [2.24, 2.45) is 0 Å². The largest absolute Gasteiger partial charge is 0.0713 e. The van der Waals surface area contributed by atoms with Crippen LogP contribution in [0, 0.1) is 13.8 Å². The van der Waals surface area contributed by atoms with Gasteiger partial charge in [-0.2, -0.15) is 0 Å². The molecule has 0 radical (unpaired) electrons. The minimum absolute atomic E-state index is 0.349. The molecule has 5 aromatic carbocycles. The van der Waals surface area contributed by atoms with E-state index in [4.69, 9.17) is 0 Å². The van der Waals surface area contributed by atoms with Gasteiger partial charge in [-0.25, -0.2) is 0 Å². The second kappa shape index (κ2) is 13.8. The lowest BCUT2D eigenvalue weighted by Crippen LogP contribution is -2.28. The van der Waals surface area contributed by atoms with Crippen LogP contribution in [0.5, 0.6) is 0 Å². The van der Waals surface area contributed by atoms with Crippen molar-refractivity contribution in [3.63, 3.8) is 0 Å². The van der Waals surface area contributed by atoms with Gasteiger partial charge in [-0.15, -0.1) is 0 Å². The van der Waals surface area contributed by atoms with Gasteiger partial charge in [0.2, 0.25) is 0 Å². The molecule has 0 aromatic heterocycles. The number of aryl methyl sites for hydroxylation is 2. The summed E-state index contributed by atoms with van der Waals surface area (Å²) in [5.74, 6) is 0. The summed E-state index contributed by atoms with van der Waals surface area (Å²) in [5.41, 5.74) is 12.8. The zero-order valence-corrected chi connectivity index (χ0v) is 25.0. The summed E-state index contributed by atoms with van der Waals surface area (Å²) in [4.78, 5) is 0. The number of benzene rings is 5. The highest BCUT2D eigenvalue weighted by Gasteiger charge is 2.46. The molecule has 0 unspecified atom stereocenters. The van der Waals surface area contributed by atoms with E-state index in [1.807, 2.05) is 41.5 Å². The van der Waals surface area contributed by atoms with Crippen molar-refractivity contribution in [1.82, 2.24) is 0 Å². The molecule has 0 atom stereocenters. The number of hydrogen-bond donors (Lipinski definition) is 0. The van der Waals surface area contributed by atoms with E-state index in [-0.39, 0.29) is 5.41 Å². The first-order valence-corrected chi connectivity index (χ1v) is 14.6. The normalized spacial score (nSPS) is 11.8. The molecule has 200 valence electrons. The summed E-state index contributed by atoms with van der Waals surface area (Å²) < 4.78 is 0. The van der Waals surface area contributed by atoms with Gasteiger partial charge in [0.05, 0.1) is 5.41 Å². The van der Waals surface area contributed by atoms with Crippen LogP contribution in [0.3, 0.4) is 0 Å². The lowest BCUT2D eigenvalue weighted by atomic mass is 9.67. The molecule has 1 aliphatic carbocycles. The first-order chi connectivity index (χ1) is 19.2. The lowest BCUT2D eigenvalue weighted by Gasteiger charge is -2.34. The Kier molecular flexibility index (Phi) is 10.5. The molecule has 0 N–H and O–H groups in total. The molecule has 0 aliphatic heterocycles. The fraction of sp³-hybridized carbons (Fsp3) is 0.231. The zero-order chi connectivity index (χ0) is 28.4. The van der Waals surface area contributed by atoms with Gasteiger partial charge in [-0.05, 0) is 58.4 Å². The Bertz CT molecular complexity index is 1390. The molecule has 0 heteroatoms. The van der Waals surface area contributed by atoms with Crippen molar-refractivity contribution >= 4 is 0 Å². The van der Waals surface area contributed by atoms with E-state index in [1.165, 1.54) is 55.6 Å². The highest BCUT2D eigenvalue weighted by molar-refractivity contribution is 5.95. The molecule has 6 rings (SSSR count). The van der Waals surface area contributed by atoms with E-state index in [1.54, 1.807) is 0 Å². The summed E-state index contributed by atoms with van der Waals surface area (Å²) in [5, 5.41) is 0. The van der Waals surface area contributed by atoms with Gasteiger partial charge in [-0.3, -0.25) is 0 Å². The van der Waals surface area contributed by atoms with Crippen LogP contribution in [0.4, 0.5) is 0 Å². The van der Waals surface area contributed by atoms with E-state index in [9.17, 15) is 0 Å². The van der Waals surface area contributed by atoms with Crippen LogP contribution >= 0.6 is 0 Å². The van der Waals surface area contributed by atoms with Crippen molar-refractivity contribution < 1.29 is 0 Å². The molecule has 0 spiro atoms. The highest BCUT2D eigenvalue weighted by Crippen LogP contribution is 2.58. The Morgan fingerprint density at radius 3 is 1.36 bits per heavy atom. The highest BCUT2D eigenvalue weighted by atomic mass is 14.5. The van der Waals surface area contributed by atoms with Gasteiger partial charge in [0, 0.05) is 0 Å². The maximum Gasteiger partial charge on any atom is 0.0713 e. The van der Waals surface area contributed by atoms with Gasteiger partial charge in [0.25, 0.3) is 0 Å². The molecule has 0 fully saturated rings. The zero-order valence-electron chi connectivity index (χ0n) is 25.0. The van der Waals surface area contributed by atoms with E-state index in [0.717, 1.165) is 0 Å². The topological polar surface area (TPSA) is 0 Å². The van der Waals surface area contributed by atoms with Gasteiger partial charge in [0.1, 0.15) is 0 Å². The molecule has 0 nitrogen and oxygen atoms in total. The van der Waals surface area contributed by atoms with Crippen LogP contribution in [0.25, 0.3) is 22.3 Å². The molecular formula is C39H44. The Morgan fingerprint density at radius 2 is 0.821 bits per heavy atom. The standard InChI is InChI=1S/C33H26.3C2H6/c1-23-15-19-26(20-16-23)33(27-21-17-24(2)18-22-27)30-13-7-6-11-29(30)32-28(12-8-14-31(32)33)25-9-4-3-5-10-25;3*1-2/h3-22H,1-2H3;3*1-2H3. The predicted octanol–water partition coefficient (Wildman–Crippen LogP) is 11.4. The average molecular weight is 513 g/mol. The van der Waals surface area contributed by atoms with Crippen molar-refractivity contribution in [3.8, 4) is 22.3 Å². The minimum atomic E-state index is -0.349. The first-order valence-electron chi connectivity index (χ1n) is 14.6. The van der Waals surface area contributed by atoms with Crippen LogP contribution in [0.2, 0.25) is 0 Å². The Balaban J connectivity index is 0.000000657. The van der Waals surface area contributed by atoms with E-state index >= 15 is 0 Å². The molecule has 0 amide bonds. The Labute approximate surface area is 237 Å². The summed E-state index contributed by atoms with van der Waals surface area (Å²) in [6.45, 7) is 16.3. The number of fused-ring (bicyclic) bond motifs is 3. The molecule has 0 heterocycles. The summed E-state index contributed by atoms with van der Waals surface area (Å²) in [7, 11) is 0. The third kappa shape index (κ3) is 5.34. The van der Waals surface area contributed by atoms with Gasteiger partial charge in [-0.1, -0.05) is 174 Å². The van der Waals surface area contributed by atoms with E-state index in [0.29, 0.717) is 0 Å². The van der Waals surface area contributed by atoms with Crippen LogP contribution in [-0.2, 0) is 5.41 Å². The second-order valence-electron chi connectivity index (χ2n) is 9.12. The second-order valence-corrected chi connectivity index (χ2v) is 9.12. The molecule has 0 bridgehead atoms. The van der Waals surface area contributed by atoms with Crippen LogP contribution < -0.4 is 0 Å². The third-order valence-corrected chi connectivity index (χ3v) is 7.12. The van der Waals surface area contributed by atoms with Crippen molar-refractivity contribution in [1.29, 1.82) is 0 Å². The van der Waals surface area contributed by atoms with Crippen LogP contribution in [-0.4, -0.2) is 0 Å². The molecule has 0 saturated heterocycles. The van der Waals surface area contributed by atoms with Gasteiger partial charge in [0.15, 0.2) is 0 Å². The molecule has 39 heavy (non-hydrogen) atoms. The fourth-order valence-electron chi connectivity index (χ4n) is 5.58. The number of hydrogen-bond acceptors (Lipinski definition) is 0. The quantitative estimate of drug-likeness (QED) is 0.221. The van der Waals surface area contributed by atoms with Crippen LogP contribution in [0.1, 0.15) is 74.9 Å². The Morgan fingerprint density at radius 1 is 0.385 bits per heavy atom. The first kappa shape index (κ1) is 29.7. The van der Waals surface area contributed by atoms with E-state index < -0.39 is 0 Å². The third-order valence-electron chi connectivity index (χ3n) is 7.12. The summed E-state index contributed by atoms with van der Waals surface area (Å²) in [6.07, 6.45) is 0. The number of rotatable bonds is 3. The maximum atomic E-state index is 2.33. The summed E-state index contributed by atoms with van der Waals surface area (Å²) in [6, 6.07) is 44.8. The van der Waals surface area contributed by atoms with Crippen LogP contribution in [0.15, 0.2) is 121 Å². The van der Waals surface area contributed by atoms with Crippen molar-refractivity contribution in [2.45, 2.75) is 60.8 Å². The van der Waals surface area contributed by atoms with Gasteiger partial charge >= 0.3 is 0 Å². The average Bonchev–Trinajstić information content (AvgIpc) is 3.33. The molecule has 0 saturated carbocycles. The SMILES string of the molecule is CC.CC.CC.Cc1ccc(C2(c3ccc(C)cc3)c3ccccc3-c3c(-c4ccccc4)cccc32)cc1. The Hall–Kier alpha value is -3.90. The van der Waals surface area contributed by atoms with Crippen molar-refractivity contribution in [2.75, 3.05) is 0 Å². The minimum Gasteiger partial charge on any atom is -0.0683 e. The smallest absolute Gasteiger partial charge is 0.0683 e. The molecular weight excluding hydrogens is 468 g/mol. The fourth-order valence-corrected chi connectivity index (χ4v) is 5.58. The maximum absolute atomic E-state index is 2.33. The molecule has 5 aromatic rings. The predicted molar refractivity (Wildman–Crippen MR) is 173 cm³/mol. The monoisotopic (exact) mass is 512 g/mol. The molecule has 1 aliphatic rings.